The second-order valence-electron chi connectivity index (χ2n) is 5.06. The molecule has 1 rings (SSSR count). The highest BCUT2D eigenvalue weighted by Gasteiger charge is 2.15. The van der Waals surface area contributed by atoms with Crippen molar-refractivity contribution >= 4 is 11.6 Å². The Morgan fingerprint density at radius 1 is 1.37 bits per heavy atom. The molecular weight excluding hydrogens is 238 g/mol. The van der Waals surface area contributed by atoms with Crippen molar-refractivity contribution in [2.75, 3.05) is 32.6 Å². The van der Waals surface area contributed by atoms with E-state index in [1.807, 2.05) is 21.0 Å². The Labute approximate surface area is 116 Å². The van der Waals surface area contributed by atoms with Crippen LogP contribution in [0.5, 0.6) is 0 Å². The van der Waals surface area contributed by atoms with Gasteiger partial charge < -0.3 is 15.5 Å². The van der Waals surface area contributed by atoms with E-state index in [0.717, 1.165) is 6.54 Å². The van der Waals surface area contributed by atoms with Gasteiger partial charge in [0.2, 0.25) is 5.91 Å². The molecule has 19 heavy (non-hydrogen) atoms. The van der Waals surface area contributed by atoms with Crippen molar-refractivity contribution in [1.82, 2.24) is 10.6 Å². The molecule has 0 saturated heterocycles. The molecule has 1 atom stereocenters. The zero-order valence-electron chi connectivity index (χ0n) is 12.6. The van der Waals surface area contributed by atoms with Crippen molar-refractivity contribution < 1.29 is 4.79 Å². The van der Waals surface area contributed by atoms with Gasteiger partial charge in [0.25, 0.3) is 0 Å². The maximum Gasteiger partial charge on any atom is 0.224 e. The number of aryl methyl sites for hydroxylation is 1. The van der Waals surface area contributed by atoms with E-state index in [-0.39, 0.29) is 11.8 Å². The second kappa shape index (κ2) is 7.14. The standard InChI is InChI=1S/C15H25N3O/c1-11-6-7-14(13(8-11)9-16-3)18(5)10-12(2)15(19)17-4/h6-8,12,16H,9-10H2,1-5H3,(H,17,19). The second-order valence-corrected chi connectivity index (χ2v) is 5.06. The van der Waals surface area contributed by atoms with Crippen molar-refractivity contribution in [2.45, 2.75) is 20.4 Å². The third-order valence-electron chi connectivity index (χ3n) is 3.26. The summed E-state index contributed by atoms with van der Waals surface area (Å²) in [4.78, 5) is 13.7. The summed E-state index contributed by atoms with van der Waals surface area (Å²) in [5.41, 5.74) is 3.69. The number of hydrogen-bond acceptors (Lipinski definition) is 3. The quantitative estimate of drug-likeness (QED) is 0.818. The zero-order valence-corrected chi connectivity index (χ0v) is 12.6. The van der Waals surface area contributed by atoms with Crippen molar-refractivity contribution in [2.24, 2.45) is 5.92 Å². The monoisotopic (exact) mass is 263 g/mol. The lowest BCUT2D eigenvalue weighted by Crippen LogP contribution is -2.34. The summed E-state index contributed by atoms with van der Waals surface area (Å²) in [6.45, 7) is 5.58. The van der Waals surface area contributed by atoms with Gasteiger partial charge in [0.1, 0.15) is 0 Å². The fourth-order valence-electron chi connectivity index (χ4n) is 2.26. The van der Waals surface area contributed by atoms with E-state index in [2.05, 4.69) is 40.7 Å². The maximum absolute atomic E-state index is 11.6. The molecule has 0 saturated carbocycles. The summed E-state index contributed by atoms with van der Waals surface area (Å²) in [7, 11) is 5.65. The third-order valence-corrected chi connectivity index (χ3v) is 3.26. The summed E-state index contributed by atoms with van der Waals surface area (Å²) in [6, 6.07) is 6.42. The fraction of sp³-hybridized carbons (Fsp3) is 0.533. The highest BCUT2D eigenvalue weighted by Crippen LogP contribution is 2.21. The van der Waals surface area contributed by atoms with E-state index >= 15 is 0 Å². The normalized spacial score (nSPS) is 12.1. The average molecular weight is 263 g/mol. The highest BCUT2D eigenvalue weighted by molar-refractivity contribution is 5.78. The summed E-state index contributed by atoms with van der Waals surface area (Å²) in [5, 5.41) is 5.88. The van der Waals surface area contributed by atoms with Gasteiger partial charge in [0.05, 0.1) is 5.92 Å². The minimum Gasteiger partial charge on any atom is -0.374 e. The predicted octanol–water partition coefficient (Wildman–Crippen LogP) is 1.53. The minimum atomic E-state index is -0.0289. The van der Waals surface area contributed by atoms with Crippen molar-refractivity contribution in [3.8, 4) is 0 Å². The minimum absolute atomic E-state index is 0.0289. The summed E-state index contributed by atoms with van der Waals surface area (Å²) in [6.07, 6.45) is 0. The first-order valence-corrected chi connectivity index (χ1v) is 6.66. The molecule has 4 nitrogen and oxygen atoms in total. The first-order chi connectivity index (χ1) is 8.99. The van der Waals surface area contributed by atoms with Gasteiger partial charge in [-0.25, -0.2) is 0 Å². The van der Waals surface area contributed by atoms with Crippen molar-refractivity contribution in [3.63, 3.8) is 0 Å². The number of nitrogens with one attached hydrogen (secondary N) is 2. The molecule has 0 aliphatic carbocycles. The van der Waals surface area contributed by atoms with Crippen molar-refractivity contribution in [1.29, 1.82) is 0 Å². The molecule has 0 radical (unpaired) electrons. The lowest BCUT2D eigenvalue weighted by Gasteiger charge is -2.25. The Hall–Kier alpha value is -1.55. The predicted molar refractivity (Wildman–Crippen MR) is 80.4 cm³/mol. The Bertz CT molecular complexity index is 431. The average Bonchev–Trinajstić information content (AvgIpc) is 2.38. The molecule has 0 aliphatic rings. The molecule has 0 aromatic heterocycles. The third kappa shape index (κ3) is 4.24. The van der Waals surface area contributed by atoms with Crippen LogP contribution in [-0.4, -0.2) is 33.6 Å². The summed E-state index contributed by atoms with van der Waals surface area (Å²) in [5.74, 6) is 0.0490. The SMILES string of the molecule is CNCc1cc(C)ccc1N(C)CC(C)C(=O)NC. The van der Waals surface area contributed by atoms with Crippen LogP contribution in [0.25, 0.3) is 0 Å². The number of benzene rings is 1. The van der Waals surface area contributed by atoms with Gasteiger partial charge in [-0.2, -0.15) is 0 Å². The van der Waals surface area contributed by atoms with Crippen LogP contribution < -0.4 is 15.5 Å². The number of hydrogen-bond donors (Lipinski definition) is 2. The van der Waals surface area contributed by atoms with Crippen LogP contribution in [0.3, 0.4) is 0 Å². The van der Waals surface area contributed by atoms with Gasteiger partial charge in [-0.15, -0.1) is 0 Å². The van der Waals surface area contributed by atoms with Crippen LogP contribution in [0.4, 0.5) is 5.69 Å². The van der Waals surface area contributed by atoms with Crippen LogP contribution in [0, 0.1) is 12.8 Å². The Morgan fingerprint density at radius 2 is 2.05 bits per heavy atom. The zero-order chi connectivity index (χ0) is 14.4. The smallest absolute Gasteiger partial charge is 0.224 e. The van der Waals surface area contributed by atoms with Gasteiger partial charge in [0.15, 0.2) is 0 Å². The van der Waals surface area contributed by atoms with E-state index in [0.29, 0.717) is 6.54 Å². The first-order valence-electron chi connectivity index (χ1n) is 6.66. The van der Waals surface area contributed by atoms with Gasteiger partial charge in [0, 0.05) is 32.9 Å². The van der Waals surface area contributed by atoms with Crippen LogP contribution in [0.1, 0.15) is 18.1 Å². The summed E-state index contributed by atoms with van der Waals surface area (Å²) >= 11 is 0. The van der Waals surface area contributed by atoms with E-state index in [1.165, 1.54) is 16.8 Å². The lowest BCUT2D eigenvalue weighted by molar-refractivity contribution is -0.123. The van der Waals surface area contributed by atoms with Gasteiger partial charge in [-0.1, -0.05) is 24.6 Å². The molecule has 1 unspecified atom stereocenters. The Kier molecular flexibility index (Phi) is 5.83. The molecule has 2 N–H and O–H groups in total. The molecule has 106 valence electrons. The van der Waals surface area contributed by atoms with E-state index < -0.39 is 0 Å². The topological polar surface area (TPSA) is 44.4 Å². The summed E-state index contributed by atoms with van der Waals surface area (Å²) < 4.78 is 0. The fourth-order valence-corrected chi connectivity index (χ4v) is 2.26. The molecular formula is C15H25N3O. The number of carbonyl (C=O) groups excluding carboxylic acids is 1. The maximum atomic E-state index is 11.6. The van der Waals surface area contributed by atoms with E-state index in [1.54, 1.807) is 7.05 Å². The van der Waals surface area contributed by atoms with E-state index in [4.69, 9.17) is 0 Å². The van der Waals surface area contributed by atoms with Crippen LogP contribution in [0.2, 0.25) is 0 Å². The number of carbonyl (C=O) groups is 1. The molecule has 4 heteroatoms. The van der Waals surface area contributed by atoms with Gasteiger partial charge in [-0.3, -0.25) is 4.79 Å². The highest BCUT2D eigenvalue weighted by atomic mass is 16.1. The van der Waals surface area contributed by atoms with Gasteiger partial charge in [-0.05, 0) is 25.6 Å². The molecule has 0 bridgehead atoms. The van der Waals surface area contributed by atoms with E-state index in [9.17, 15) is 4.79 Å². The number of rotatable bonds is 6. The molecule has 1 amide bonds. The first kappa shape index (κ1) is 15.5. The number of nitrogens with zero attached hydrogens (tertiary/aromatic N) is 1. The lowest BCUT2D eigenvalue weighted by atomic mass is 10.1. The van der Waals surface area contributed by atoms with Crippen molar-refractivity contribution in [3.05, 3.63) is 29.3 Å². The number of anilines is 1. The molecule has 1 aromatic carbocycles. The molecule has 0 aliphatic heterocycles. The molecule has 1 aromatic rings. The number of amides is 1. The molecule has 0 fully saturated rings. The van der Waals surface area contributed by atoms with Crippen LogP contribution in [-0.2, 0) is 11.3 Å². The molecule has 0 spiro atoms. The largest absolute Gasteiger partial charge is 0.374 e. The Morgan fingerprint density at radius 3 is 2.63 bits per heavy atom. The Balaban J connectivity index is 2.86. The van der Waals surface area contributed by atoms with Gasteiger partial charge >= 0.3 is 0 Å². The van der Waals surface area contributed by atoms with Crippen LogP contribution in [0.15, 0.2) is 18.2 Å². The van der Waals surface area contributed by atoms with Crippen LogP contribution >= 0.6 is 0 Å². The molecule has 0 heterocycles.